The predicted octanol–water partition coefficient (Wildman–Crippen LogP) is -0.919. The van der Waals surface area contributed by atoms with Crippen LogP contribution in [0.4, 0.5) is 8.78 Å². The maximum absolute atomic E-state index is 13.8. The second kappa shape index (κ2) is 9.04. The molecule has 184 valence electrons. The summed E-state index contributed by atoms with van der Waals surface area (Å²) < 4.78 is 55.5. The number of nitrogens with zero attached hydrogens (tertiary/aromatic N) is 2. The Morgan fingerprint density at radius 3 is 2.71 bits per heavy atom. The Bertz CT molecular complexity index is 1170. The molecule has 4 rings (SSSR count). The number of ether oxygens (including phenoxy) is 1. The van der Waals surface area contributed by atoms with Crippen molar-refractivity contribution in [2.45, 2.75) is 37.4 Å². The zero-order chi connectivity index (χ0) is 24.8. The number of carbonyl (C=O) groups excluding carboxylic acids is 3. The second-order valence-electron chi connectivity index (χ2n) is 8.52. The summed E-state index contributed by atoms with van der Waals surface area (Å²) in [4.78, 5) is 41.1. The van der Waals surface area contributed by atoms with Gasteiger partial charge in [-0.3, -0.25) is 14.4 Å². The number of ketones is 1. The molecule has 0 bridgehead atoms. The highest BCUT2D eigenvalue weighted by atomic mass is 32.2. The van der Waals surface area contributed by atoms with Crippen LogP contribution in [0.25, 0.3) is 0 Å². The Morgan fingerprint density at radius 2 is 2.03 bits per heavy atom. The first-order valence-electron chi connectivity index (χ1n) is 10.5. The maximum Gasteiger partial charge on any atom is 0.256 e. The summed E-state index contributed by atoms with van der Waals surface area (Å²) in [6, 6.07) is 1.05. The molecule has 34 heavy (non-hydrogen) atoms. The van der Waals surface area contributed by atoms with Crippen LogP contribution in [-0.4, -0.2) is 90.5 Å². The van der Waals surface area contributed by atoms with Gasteiger partial charge in [-0.15, -0.1) is 0 Å². The second-order valence-corrected chi connectivity index (χ2v) is 10.8. The molecule has 3 heterocycles. The minimum atomic E-state index is -3.26. The van der Waals surface area contributed by atoms with E-state index in [4.69, 9.17) is 4.74 Å². The summed E-state index contributed by atoms with van der Waals surface area (Å²) in [6.07, 6.45) is -0.161. The standard InChI is InChI=1S/C21H23F2N3O7S/c1-34(31,32)5-4-13-10-33-16-9-25-8-14(18(27)19(28)17(25)21(30)26(13)16)20(29)24-7-11-2-3-12(22)6-15(11)23/h2-3,6,8,13,16-17,19,28H,4-5,7,9-10H2,1H3,(H,24,29)/t13-,16+,17?,19?/m0/s1. The topological polar surface area (TPSA) is 133 Å². The minimum absolute atomic E-state index is 0.000293. The van der Waals surface area contributed by atoms with Crippen molar-refractivity contribution in [1.82, 2.24) is 15.1 Å². The van der Waals surface area contributed by atoms with E-state index in [-0.39, 0.29) is 37.4 Å². The third kappa shape index (κ3) is 4.68. The van der Waals surface area contributed by atoms with Gasteiger partial charge in [0.15, 0.2) is 0 Å². The van der Waals surface area contributed by atoms with Crippen LogP contribution in [0.1, 0.15) is 12.0 Å². The number of nitrogens with one attached hydrogen (secondary N) is 1. The first kappa shape index (κ1) is 24.2. The lowest BCUT2D eigenvalue weighted by Gasteiger charge is -2.46. The number of aliphatic hydroxyl groups excluding tert-OH is 1. The zero-order valence-electron chi connectivity index (χ0n) is 18.1. The SMILES string of the molecule is CS(=O)(=O)CC[C@H]1CO[C@@H]2CN3C=C(C(=O)NCc4ccc(F)cc4F)C(=O)C(O)C3C(=O)N12. The average Bonchev–Trinajstić information content (AvgIpc) is 3.16. The zero-order valence-corrected chi connectivity index (χ0v) is 18.9. The summed E-state index contributed by atoms with van der Waals surface area (Å²) in [5.74, 6) is -4.25. The molecule has 0 aliphatic carbocycles. The number of Topliss-reactive ketones (excluding diaryl/α,β-unsaturated/α-hetero) is 1. The Balaban J connectivity index is 1.49. The summed E-state index contributed by atoms with van der Waals surface area (Å²) >= 11 is 0. The molecule has 2 fully saturated rings. The Morgan fingerprint density at radius 1 is 1.29 bits per heavy atom. The van der Waals surface area contributed by atoms with Gasteiger partial charge in [0.1, 0.15) is 45.4 Å². The van der Waals surface area contributed by atoms with Crippen molar-refractivity contribution in [3.8, 4) is 0 Å². The van der Waals surface area contributed by atoms with Crippen molar-refractivity contribution in [3.63, 3.8) is 0 Å². The monoisotopic (exact) mass is 499 g/mol. The van der Waals surface area contributed by atoms with Crippen LogP contribution in [0.3, 0.4) is 0 Å². The van der Waals surface area contributed by atoms with Crippen LogP contribution in [-0.2, 0) is 35.5 Å². The smallest absolute Gasteiger partial charge is 0.256 e. The number of fused-ring (bicyclic) bond motifs is 2. The molecule has 2 unspecified atom stereocenters. The van der Waals surface area contributed by atoms with Gasteiger partial charge in [-0.1, -0.05) is 6.07 Å². The van der Waals surface area contributed by atoms with Gasteiger partial charge in [0.05, 0.1) is 24.9 Å². The Labute approximate surface area is 194 Å². The van der Waals surface area contributed by atoms with Gasteiger partial charge in [-0.25, -0.2) is 17.2 Å². The van der Waals surface area contributed by atoms with E-state index in [0.717, 1.165) is 18.4 Å². The van der Waals surface area contributed by atoms with E-state index in [1.807, 2.05) is 0 Å². The number of sulfone groups is 1. The van der Waals surface area contributed by atoms with Gasteiger partial charge in [-0.05, 0) is 12.5 Å². The maximum atomic E-state index is 13.8. The lowest BCUT2D eigenvalue weighted by Crippen LogP contribution is -2.66. The number of benzene rings is 1. The van der Waals surface area contributed by atoms with Crippen molar-refractivity contribution < 1.29 is 41.4 Å². The first-order valence-corrected chi connectivity index (χ1v) is 12.6. The van der Waals surface area contributed by atoms with Crippen LogP contribution in [0.5, 0.6) is 0 Å². The van der Waals surface area contributed by atoms with Crippen molar-refractivity contribution in [3.05, 3.63) is 47.2 Å². The van der Waals surface area contributed by atoms with Crippen molar-refractivity contribution in [1.29, 1.82) is 0 Å². The van der Waals surface area contributed by atoms with Gasteiger partial charge in [0.25, 0.3) is 11.8 Å². The molecule has 0 saturated carbocycles. The number of amides is 2. The molecule has 0 spiro atoms. The summed E-state index contributed by atoms with van der Waals surface area (Å²) in [6.45, 7) is -0.161. The third-order valence-corrected chi connectivity index (χ3v) is 7.04. The van der Waals surface area contributed by atoms with Crippen molar-refractivity contribution in [2.75, 3.05) is 25.2 Å². The molecule has 13 heteroatoms. The number of aliphatic hydroxyl groups is 1. The highest BCUT2D eigenvalue weighted by molar-refractivity contribution is 7.90. The average molecular weight is 499 g/mol. The summed E-state index contributed by atoms with van der Waals surface area (Å²) in [5.41, 5.74) is -0.417. The molecule has 2 amide bonds. The third-order valence-electron chi connectivity index (χ3n) is 6.07. The number of rotatable bonds is 6. The molecule has 4 atom stereocenters. The fraction of sp³-hybridized carbons (Fsp3) is 0.476. The number of hydrogen-bond acceptors (Lipinski definition) is 8. The van der Waals surface area contributed by atoms with Gasteiger partial charge in [0, 0.05) is 30.6 Å². The van der Waals surface area contributed by atoms with Gasteiger partial charge >= 0.3 is 0 Å². The largest absolute Gasteiger partial charge is 0.382 e. The Kier molecular flexibility index (Phi) is 6.44. The number of piperazine rings is 1. The van der Waals surface area contributed by atoms with E-state index in [9.17, 15) is 36.7 Å². The number of carbonyl (C=O) groups is 3. The van der Waals surface area contributed by atoms with E-state index < -0.39 is 69.1 Å². The van der Waals surface area contributed by atoms with E-state index in [2.05, 4.69) is 5.32 Å². The lowest BCUT2D eigenvalue weighted by molar-refractivity contribution is -0.162. The molecule has 1 aromatic rings. The highest BCUT2D eigenvalue weighted by Crippen LogP contribution is 2.32. The van der Waals surface area contributed by atoms with Crippen molar-refractivity contribution in [2.24, 2.45) is 0 Å². The number of hydrogen-bond donors (Lipinski definition) is 2. The number of halogens is 2. The van der Waals surface area contributed by atoms with E-state index in [1.165, 1.54) is 16.0 Å². The molecular formula is C21H23F2N3O7S. The Hall–Kier alpha value is -2.90. The highest BCUT2D eigenvalue weighted by Gasteiger charge is 2.53. The molecule has 3 aliphatic rings. The van der Waals surface area contributed by atoms with Crippen LogP contribution in [0, 0.1) is 11.6 Å². The summed E-state index contributed by atoms with van der Waals surface area (Å²) in [7, 11) is -3.26. The van der Waals surface area contributed by atoms with E-state index >= 15 is 0 Å². The van der Waals surface area contributed by atoms with Gasteiger partial charge in [-0.2, -0.15) is 0 Å². The summed E-state index contributed by atoms with van der Waals surface area (Å²) in [5, 5.41) is 12.9. The molecule has 1 aromatic carbocycles. The van der Waals surface area contributed by atoms with Crippen LogP contribution in [0.2, 0.25) is 0 Å². The fourth-order valence-electron chi connectivity index (χ4n) is 4.33. The van der Waals surface area contributed by atoms with Crippen LogP contribution in [0.15, 0.2) is 30.0 Å². The van der Waals surface area contributed by atoms with E-state index in [0.29, 0.717) is 6.07 Å². The fourth-order valence-corrected chi connectivity index (χ4v) is 5.03. The molecule has 10 nitrogen and oxygen atoms in total. The molecular weight excluding hydrogens is 476 g/mol. The quantitative estimate of drug-likeness (QED) is 0.481. The molecule has 2 saturated heterocycles. The molecule has 3 aliphatic heterocycles. The molecule has 2 N–H and O–H groups in total. The van der Waals surface area contributed by atoms with Crippen molar-refractivity contribution >= 4 is 27.4 Å². The van der Waals surface area contributed by atoms with Gasteiger partial charge in [0.2, 0.25) is 5.78 Å². The normalized spacial score (nSPS) is 26.8. The van der Waals surface area contributed by atoms with Crippen LogP contribution < -0.4 is 5.32 Å². The first-order chi connectivity index (χ1) is 16.0. The lowest BCUT2D eigenvalue weighted by atomic mass is 9.91. The van der Waals surface area contributed by atoms with Crippen LogP contribution >= 0.6 is 0 Å². The van der Waals surface area contributed by atoms with E-state index in [1.54, 1.807) is 0 Å². The molecule has 0 radical (unpaired) electrons. The minimum Gasteiger partial charge on any atom is -0.382 e. The molecule has 0 aromatic heterocycles. The van der Waals surface area contributed by atoms with Gasteiger partial charge < -0.3 is 25.0 Å². The predicted molar refractivity (Wildman–Crippen MR) is 112 cm³/mol.